The van der Waals surface area contributed by atoms with Crippen molar-refractivity contribution in [1.82, 2.24) is 15.3 Å². The number of H-pyrrole nitrogens is 1. The number of fused-ring (bicyclic) bond motifs is 1. The van der Waals surface area contributed by atoms with E-state index in [1.807, 2.05) is 20.8 Å². The summed E-state index contributed by atoms with van der Waals surface area (Å²) in [6, 6.07) is 7.29. The molecule has 5 nitrogen and oxygen atoms in total. The molecule has 0 spiro atoms. The number of imidazole rings is 1. The van der Waals surface area contributed by atoms with E-state index in [1.54, 1.807) is 6.07 Å². The third-order valence-electron chi connectivity index (χ3n) is 6.17. The Hall–Kier alpha value is -3.10. The van der Waals surface area contributed by atoms with Gasteiger partial charge in [0.25, 0.3) is 5.91 Å². The fourth-order valence-corrected chi connectivity index (χ4v) is 3.87. The Labute approximate surface area is 188 Å². The van der Waals surface area contributed by atoms with Crippen molar-refractivity contribution in [3.63, 3.8) is 0 Å². The van der Waals surface area contributed by atoms with Crippen LogP contribution in [0.1, 0.15) is 60.9 Å². The molecule has 1 aliphatic rings. The highest BCUT2D eigenvalue weighted by Crippen LogP contribution is 2.57. The Morgan fingerprint density at radius 1 is 1.18 bits per heavy atom. The van der Waals surface area contributed by atoms with Gasteiger partial charge in [-0.15, -0.1) is 0 Å². The monoisotopic (exact) mass is 463 g/mol. The van der Waals surface area contributed by atoms with Gasteiger partial charge in [0, 0.05) is 24.1 Å². The van der Waals surface area contributed by atoms with E-state index in [2.05, 4.69) is 15.3 Å². The molecule has 1 heterocycles. The summed E-state index contributed by atoms with van der Waals surface area (Å²) in [5.41, 5.74) is -0.237. The number of aromatic nitrogens is 2. The fourth-order valence-electron chi connectivity index (χ4n) is 3.87. The Bertz CT molecular complexity index is 1220. The third kappa shape index (κ3) is 4.54. The van der Waals surface area contributed by atoms with Gasteiger partial charge in [-0.1, -0.05) is 20.8 Å². The van der Waals surface area contributed by atoms with Gasteiger partial charge in [-0.3, -0.25) is 4.79 Å². The molecule has 0 atom stereocenters. The molecule has 1 amide bonds. The van der Waals surface area contributed by atoms with Crippen LogP contribution in [0.25, 0.3) is 11.0 Å². The SMILES string of the molecule is CC(C)(C)c1cc(F)c(Cc2nc3cc(C(=O)NCC4(C(F)(F)F)CC4)ccc3[nH]2)cc1O. The Morgan fingerprint density at radius 2 is 1.88 bits per heavy atom. The van der Waals surface area contributed by atoms with Crippen LogP contribution < -0.4 is 5.32 Å². The molecule has 0 bridgehead atoms. The molecule has 0 aliphatic heterocycles. The second-order valence-electron chi connectivity index (χ2n) is 9.76. The summed E-state index contributed by atoms with van der Waals surface area (Å²) >= 11 is 0. The minimum atomic E-state index is -4.34. The maximum absolute atomic E-state index is 14.7. The molecule has 1 saturated carbocycles. The lowest BCUT2D eigenvalue weighted by atomic mass is 9.85. The van der Waals surface area contributed by atoms with Crippen molar-refractivity contribution >= 4 is 16.9 Å². The summed E-state index contributed by atoms with van der Waals surface area (Å²) in [6.07, 6.45) is -4.22. The molecular formula is C24H25F4N3O2. The number of carbonyl (C=O) groups excluding carboxylic acids is 1. The number of aromatic amines is 1. The average molecular weight is 463 g/mol. The van der Waals surface area contributed by atoms with E-state index in [9.17, 15) is 27.5 Å². The number of nitrogens with one attached hydrogen (secondary N) is 2. The van der Waals surface area contributed by atoms with E-state index in [-0.39, 0.29) is 36.1 Å². The summed E-state index contributed by atoms with van der Waals surface area (Å²) in [5.74, 6) is -0.637. The predicted molar refractivity (Wildman–Crippen MR) is 116 cm³/mol. The van der Waals surface area contributed by atoms with Gasteiger partial charge >= 0.3 is 6.18 Å². The highest BCUT2D eigenvalue weighted by molar-refractivity contribution is 5.97. The first-order valence-corrected chi connectivity index (χ1v) is 10.6. The maximum atomic E-state index is 14.7. The first-order chi connectivity index (χ1) is 15.3. The van der Waals surface area contributed by atoms with E-state index < -0.39 is 35.3 Å². The number of hydrogen-bond donors (Lipinski definition) is 3. The summed E-state index contributed by atoms with van der Waals surface area (Å²) in [5, 5.41) is 12.7. The van der Waals surface area contributed by atoms with Gasteiger partial charge < -0.3 is 15.4 Å². The first-order valence-electron chi connectivity index (χ1n) is 10.6. The van der Waals surface area contributed by atoms with E-state index in [1.165, 1.54) is 24.3 Å². The van der Waals surface area contributed by atoms with Crippen molar-refractivity contribution < 1.29 is 27.5 Å². The number of nitrogens with zero attached hydrogens (tertiary/aromatic N) is 1. The van der Waals surface area contributed by atoms with Crippen molar-refractivity contribution in [3.05, 3.63) is 58.7 Å². The summed E-state index contributed by atoms with van der Waals surface area (Å²) < 4.78 is 53.8. The molecule has 2 aromatic carbocycles. The van der Waals surface area contributed by atoms with Crippen LogP contribution in [-0.2, 0) is 11.8 Å². The van der Waals surface area contributed by atoms with Crippen LogP contribution in [-0.4, -0.2) is 33.7 Å². The standard InChI is InChI=1S/C24H25F4N3O2/c1-22(2,3)15-11-16(25)14(9-19(15)32)10-20-30-17-5-4-13(8-18(17)31-20)21(33)29-12-23(6-7-23)24(26,27)28/h4-5,8-9,11,32H,6-7,10,12H2,1-3H3,(H,29,33)(H,30,31). The van der Waals surface area contributed by atoms with Crippen molar-refractivity contribution in [3.8, 4) is 5.75 Å². The molecule has 1 aliphatic carbocycles. The number of aromatic hydroxyl groups is 1. The molecule has 9 heteroatoms. The Balaban J connectivity index is 1.51. The molecule has 4 rings (SSSR count). The largest absolute Gasteiger partial charge is 0.508 e. The number of amides is 1. The quantitative estimate of drug-likeness (QED) is 0.446. The lowest BCUT2D eigenvalue weighted by molar-refractivity contribution is -0.184. The number of halogens is 4. The van der Waals surface area contributed by atoms with Crippen molar-refractivity contribution in [1.29, 1.82) is 0 Å². The van der Waals surface area contributed by atoms with Crippen LogP contribution in [0.15, 0.2) is 30.3 Å². The topological polar surface area (TPSA) is 78.0 Å². The van der Waals surface area contributed by atoms with Gasteiger partial charge in [-0.25, -0.2) is 9.37 Å². The van der Waals surface area contributed by atoms with Crippen LogP contribution in [0, 0.1) is 11.2 Å². The minimum absolute atomic E-state index is 0.00117. The smallest absolute Gasteiger partial charge is 0.396 e. The molecule has 33 heavy (non-hydrogen) atoms. The number of carbonyl (C=O) groups is 1. The molecular weight excluding hydrogens is 438 g/mol. The summed E-state index contributed by atoms with van der Waals surface area (Å²) in [4.78, 5) is 19.8. The van der Waals surface area contributed by atoms with Gasteiger partial charge in [-0.05, 0) is 54.2 Å². The Kier molecular flexibility index (Phi) is 5.41. The van der Waals surface area contributed by atoms with Crippen molar-refractivity contribution in [2.75, 3.05) is 6.54 Å². The summed E-state index contributed by atoms with van der Waals surface area (Å²) in [6.45, 7) is 5.18. The van der Waals surface area contributed by atoms with Gasteiger partial charge in [0.1, 0.15) is 17.4 Å². The third-order valence-corrected chi connectivity index (χ3v) is 6.17. The van der Waals surface area contributed by atoms with E-state index in [4.69, 9.17) is 0 Å². The molecule has 0 radical (unpaired) electrons. The van der Waals surface area contributed by atoms with Crippen LogP contribution in [0.2, 0.25) is 0 Å². The van der Waals surface area contributed by atoms with Gasteiger partial charge in [0.05, 0.1) is 16.4 Å². The van der Waals surface area contributed by atoms with Crippen molar-refractivity contribution in [2.24, 2.45) is 5.41 Å². The number of alkyl halides is 3. The van der Waals surface area contributed by atoms with Gasteiger partial charge in [0.2, 0.25) is 0 Å². The second kappa shape index (κ2) is 7.74. The average Bonchev–Trinajstić information content (AvgIpc) is 3.41. The van der Waals surface area contributed by atoms with Gasteiger partial charge in [0.15, 0.2) is 0 Å². The highest BCUT2D eigenvalue weighted by Gasteiger charge is 2.63. The van der Waals surface area contributed by atoms with E-state index >= 15 is 0 Å². The minimum Gasteiger partial charge on any atom is -0.508 e. The molecule has 1 fully saturated rings. The van der Waals surface area contributed by atoms with Gasteiger partial charge in [-0.2, -0.15) is 13.2 Å². The number of hydrogen-bond acceptors (Lipinski definition) is 3. The van der Waals surface area contributed by atoms with Crippen LogP contribution in [0.5, 0.6) is 5.75 Å². The molecule has 1 aromatic heterocycles. The predicted octanol–water partition coefficient (Wildman–Crippen LogP) is 5.37. The maximum Gasteiger partial charge on any atom is 0.396 e. The summed E-state index contributed by atoms with van der Waals surface area (Å²) in [7, 11) is 0. The second-order valence-corrected chi connectivity index (χ2v) is 9.76. The molecule has 0 unspecified atom stereocenters. The molecule has 176 valence electrons. The lowest BCUT2D eigenvalue weighted by Crippen LogP contribution is -2.38. The van der Waals surface area contributed by atoms with Crippen LogP contribution >= 0.6 is 0 Å². The molecule has 3 aromatic rings. The molecule has 3 N–H and O–H groups in total. The van der Waals surface area contributed by atoms with Crippen LogP contribution in [0.3, 0.4) is 0 Å². The first kappa shape index (κ1) is 23.1. The van der Waals surface area contributed by atoms with E-state index in [0.29, 0.717) is 22.4 Å². The number of rotatable bonds is 5. The van der Waals surface area contributed by atoms with Crippen molar-refractivity contribution in [2.45, 2.75) is 51.6 Å². The lowest BCUT2D eigenvalue weighted by Gasteiger charge is -2.21. The number of phenols is 1. The normalized spacial score (nSPS) is 15.6. The molecule has 0 saturated heterocycles. The highest BCUT2D eigenvalue weighted by atomic mass is 19.4. The van der Waals surface area contributed by atoms with Crippen LogP contribution in [0.4, 0.5) is 17.6 Å². The number of benzene rings is 2. The number of phenolic OH excluding ortho intramolecular Hbond substituents is 1. The Morgan fingerprint density at radius 3 is 2.48 bits per heavy atom. The zero-order valence-corrected chi connectivity index (χ0v) is 18.5. The zero-order valence-electron chi connectivity index (χ0n) is 18.5. The zero-order chi connectivity index (χ0) is 24.2. The fraction of sp³-hybridized carbons (Fsp3) is 0.417. The van der Waals surface area contributed by atoms with E-state index in [0.717, 1.165) is 0 Å².